The monoisotopic (exact) mass is 380 g/mol. The number of allylic oxidation sites excluding steroid dienone is 1. The first-order valence-electron chi connectivity index (χ1n) is 10.7. The fourth-order valence-corrected chi connectivity index (χ4v) is 2.83. The van der Waals surface area contributed by atoms with Gasteiger partial charge in [0.2, 0.25) is 0 Å². The molecule has 0 aliphatic carbocycles. The van der Waals surface area contributed by atoms with Crippen molar-refractivity contribution < 1.29 is 19.4 Å². The number of carboxylic acids is 1. The van der Waals surface area contributed by atoms with Crippen molar-refractivity contribution in [3.8, 4) is 0 Å². The van der Waals surface area contributed by atoms with Gasteiger partial charge in [0.05, 0.1) is 6.61 Å². The topological polar surface area (TPSA) is 63.6 Å². The molecule has 0 saturated heterocycles. The first-order chi connectivity index (χ1) is 13.0. The summed E-state index contributed by atoms with van der Waals surface area (Å²) in [6.45, 7) is 7.82. The molecule has 0 amide bonds. The minimum Gasteiger partial charge on any atom is -0.478 e. The van der Waals surface area contributed by atoms with E-state index in [1.54, 1.807) is 0 Å². The standard InChI is InChI=1S/C23H40O4/c1-4-5-6-7-8-9-10-11-12-13-14-15-16-19-27-23(26)21(3)18-17-20(2)22(24)25/h17H,3-16,18-19H2,1-2H3,(H,24,25). The molecule has 4 nitrogen and oxygen atoms in total. The average Bonchev–Trinajstić information content (AvgIpc) is 2.65. The van der Waals surface area contributed by atoms with Crippen LogP contribution in [0, 0.1) is 0 Å². The summed E-state index contributed by atoms with van der Waals surface area (Å²) in [5.41, 5.74) is 0.505. The first kappa shape index (κ1) is 25.4. The van der Waals surface area contributed by atoms with E-state index in [-0.39, 0.29) is 12.0 Å². The molecule has 0 heterocycles. The van der Waals surface area contributed by atoms with Gasteiger partial charge in [0, 0.05) is 11.1 Å². The van der Waals surface area contributed by atoms with Gasteiger partial charge in [0.25, 0.3) is 0 Å². The molecule has 156 valence electrons. The zero-order valence-electron chi connectivity index (χ0n) is 17.6. The van der Waals surface area contributed by atoms with E-state index in [2.05, 4.69) is 13.5 Å². The maximum atomic E-state index is 11.7. The smallest absolute Gasteiger partial charge is 0.333 e. The van der Waals surface area contributed by atoms with Gasteiger partial charge in [-0.25, -0.2) is 9.59 Å². The van der Waals surface area contributed by atoms with Crippen molar-refractivity contribution in [2.45, 2.75) is 104 Å². The molecule has 0 radical (unpaired) electrons. The van der Waals surface area contributed by atoms with Crippen molar-refractivity contribution >= 4 is 11.9 Å². The molecule has 0 aliphatic heterocycles. The maximum absolute atomic E-state index is 11.7. The summed E-state index contributed by atoms with van der Waals surface area (Å²) in [7, 11) is 0. The number of carbonyl (C=O) groups excluding carboxylic acids is 1. The fraction of sp³-hybridized carbons (Fsp3) is 0.739. The zero-order valence-corrected chi connectivity index (χ0v) is 17.6. The van der Waals surface area contributed by atoms with Crippen molar-refractivity contribution in [1.82, 2.24) is 0 Å². The minimum atomic E-state index is -0.983. The second kappa shape index (κ2) is 17.8. The molecule has 0 aromatic carbocycles. The van der Waals surface area contributed by atoms with E-state index in [9.17, 15) is 9.59 Å². The van der Waals surface area contributed by atoms with E-state index in [1.807, 2.05) is 0 Å². The number of ether oxygens (including phenoxy) is 1. The molecule has 27 heavy (non-hydrogen) atoms. The highest BCUT2D eigenvalue weighted by molar-refractivity contribution is 5.89. The fourth-order valence-electron chi connectivity index (χ4n) is 2.83. The minimum absolute atomic E-state index is 0.209. The SMILES string of the molecule is C=C(CC=C(C)C(=O)O)C(=O)OCCCCCCCCCCCCCCC. The maximum Gasteiger partial charge on any atom is 0.333 e. The number of carbonyl (C=O) groups is 2. The molecule has 0 aliphatic rings. The van der Waals surface area contributed by atoms with E-state index in [0.717, 1.165) is 12.8 Å². The summed E-state index contributed by atoms with van der Waals surface area (Å²) in [6.07, 6.45) is 18.4. The van der Waals surface area contributed by atoms with Gasteiger partial charge in [-0.3, -0.25) is 0 Å². The van der Waals surface area contributed by atoms with E-state index in [1.165, 1.54) is 83.6 Å². The van der Waals surface area contributed by atoms with Crippen molar-refractivity contribution in [1.29, 1.82) is 0 Å². The van der Waals surface area contributed by atoms with E-state index in [4.69, 9.17) is 9.84 Å². The zero-order chi connectivity index (χ0) is 20.3. The molecule has 4 heteroatoms. The molecule has 0 rings (SSSR count). The van der Waals surface area contributed by atoms with Gasteiger partial charge in [-0.1, -0.05) is 96.6 Å². The van der Waals surface area contributed by atoms with Gasteiger partial charge in [-0.15, -0.1) is 0 Å². The summed E-state index contributed by atoms with van der Waals surface area (Å²) in [5.74, 6) is -1.41. The van der Waals surface area contributed by atoms with Crippen molar-refractivity contribution in [2.24, 2.45) is 0 Å². The molecule has 0 atom stereocenters. The summed E-state index contributed by atoms with van der Waals surface area (Å²) >= 11 is 0. The Morgan fingerprint density at radius 1 is 0.852 bits per heavy atom. The second-order valence-electron chi connectivity index (χ2n) is 7.38. The van der Waals surface area contributed by atoms with Crippen LogP contribution >= 0.6 is 0 Å². The van der Waals surface area contributed by atoms with Crippen LogP contribution in [0.25, 0.3) is 0 Å². The summed E-state index contributed by atoms with van der Waals surface area (Å²) in [4.78, 5) is 22.4. The highest BCUT2D eigenvalue weighted by atomic mass is 16.5. The predicted octanol–water partition coefficient (Wildman–Crippen LogP) is 6.60. The Labute approximate surface area is 166 Å². The number of aliphatic carboxylic acids is 1. The summed E-state index contributed by atoms with van der Waals surface area (Å²) in [6, 6.07) is 0. The molecule has 0 bridgehead atoms. The molecule has 0 aromatic rings. The number of hydrogen-bond acceptors (Lipinski definition) is 3. The lowest BCUT2D eigenvalue weighted by Crippen LogP contribution is -2.08. The first-order valence-corrected chi connectivity index (χ1v) is 10.7. The highest BCUT2D eigenvalue weighted by Crippen LogP contribution is 2.13. The van der Waals surface area contributed by atoms with Gasteiger partial charge in [-0.05, 0) is 19.8 Å². The van der Waals surface area contributed by atoms with Crippen LogP contribution in [0.15, 0.2) is 23.8 Å². The Bertz CT molecular complexity index is 451. The second-order valence-corrected chi connectivity index (χ2v) is 7.38. The van der Waals surface area contributed by atoms with Crippen molar-refractivity contribution in [3.63, 3.8) is 0 Å². The molecular weight excluding hydrogens is 340 g/mol. The number of unbranched alkanes of at least 4 members (excludes halogenated alkanes) is 12. The van der Waals surface area contributed by atoms with Gasteiger partial charge in [0.1, 0.15) is 0 Å². The number of carboxylic acid groups (broad SMARTS) is 1. The van der Waals surface area contributed by atoms with Gasteiger partial charge < -0.3 is 9.84 Å². The van der Waals surface area contributed by atoms with Crippen LogP contribution < -0.4 is 0 Å². The lowest BCUT2D eigenvalue weighted by molar-refractivity contribution is -0.139. The van der Waals surface area contributed by atoms with E-state index in [0.29, 0.717) is 12.2 Å². The highest BCUT2D eigenvalue weighted by Gasteiger charge is 2.08. The molecule has 0 fully saturated rings. The van der Waals surface area contributed by atoms with Crippen LogP contribution in [0.5, 0.6) is 0 Å². The Balaban J connectivity index is 3.43. The van der Waals surface area contributed by atoms with Crippen molar-refractivity contribution in [2.75, 3.05) is 6.61 Å². The van der Waals surface area contributed by atoms with E-state index >= 15 is 0 Å². The number of hydrogen-bond donors (Lipinski definition) is 1. The van der Waals surface area contributed by atoms with Crippen LogP contribution in [0.4, 0.5) is 0 Å². The van der Waals surface area contributed by atoms with Crippen LogP contribution in [0.1, 0.15) is 104 Å². The Morgan fingerprint density at radius 2 is 1.30 bits per heavy atom. The van der Waals surface area contributed by atoms with Crippen LogP contribution in [0.3, 0.4) is 0 Å². The quantitative estimate of drug-likeness (QED) is 0.165. The number of esters is 1. The van der Waals surface area contributed by atoms with Crippen LogP contribution in [-0.2, 0) is 14.3 Å². The van der Waals surface area contributed by atoms with Crippen molar-refractivity contribution in [3.05, 3.63) is 23.8 Å². The van der Waals surface area contributed by atoms with Crippen LogP contribution in [0.2, 0.25) is 0 Å². The van der Waals surface area contributed by atoms with Gasteiger partial charge >= 0.3 is 11.9 Å². The average molecular weight is 381 g/mol. The molecular formula is C23H40O4. The molecule has 0 spiro atoms. The number of rotatable bonds is 18. The molecule has 0 unspecified atom stereocenters. The van der Waals surface area contributed by atoms with Gasteiger partial charge in [-0.2, -0.15) is 0 Å². The van der Waals surface area contributed by atoms with Gasteiger partial charge in [0.15, 0.2) is 0 Å². The normalized spacial score (nSPS) is 11.4. The third-order valence-electron chi connectivity index (χ3n) is 4.76. The Morgan fingerprint density at radius 3 is 1.74 bits per heavy atom. The summed E-state index contributed by atoms with van der Waals surface area (Å²) in [5, 5.41) is 8.76. The summed E-state index contributed by atoms with van der Waals surface area (Å²) < 4.78 is 5.18. The lowest BCUT2D eigenvalue weighted by atomic mass is 10.0. The third-order valence-corrected chi connectivity index (χ3v) is 4.76. The Hall–Kier alpha value is -1.58. The molecule has 0 saturated carbocycles. The van der Waals surface area contributed by atoms with E-state index < -0.39 is 11.9 Å². The largest absolute Gasteiger partial charge is 0.478 e. The molecule has 1 N–H and O–H groups in total. The third kappa shape index (κ3) is 16.3. The predicted molar refractivity (Wildman–Crippen MR) is 112 cm³/mol. The van der Waals surface area contributed by atoms with Crippen LogP contribution in [-0.4, -0.2) is 23.7 Å². The lowest BCUT2D eigenvalue weighted by Gasteiger charge is -2.06. The Kier molecular flexibility index (Phi) is 16.8. The molecule has 0 aromatic heterocycles.